The Hall–Kier alpha value is -3.30. The molecular weight excluding hydrogens is 1050 g/mol. The van der Waals surface area contributed by atoms with Crippen LogP contribution in [0.2, 0.25) is 0 Å². The Kier molecular flexibility index (Phi) is 20.8. The number of anilines is 1. The van der Waals surface area contributed by atoms with Gasteiger partial charge in [0.05, 0.1) is 4.90 Å². The van der Waals surface area contributed by atoms with Crippen LogP contribution in [0.4, 0.5) is 28.4 Å². The monoisotopic (exact) mass is 1080 g/mol. The Morgan fingerprint density at radius 1 is 0.500 bits per heavy atom. The summed E-state index contributed by atoms with van der Waals surface area (Å²) in [4.78, 5) is 9.94. The number of azo groups is 2. The topological polar surface area (TPSA) is 323 Å². The second kappa shape index (κ2) is 23.3. The molecule has 66 heavy (non-hydrogen) atoms. The Bertz CT molecular complexity index is 3410. The molecule has 19 nitrogen and oxygen atoms in total. The van der Waals surface area contributed by atoms with Gasteiger partial charge in [-0.2, -0.15) is 25.3 Å². The average molecular weight is 1080 g/mol. The van der Waals surface area contributed by atoms with Crippen molar-refractivity contribution in [3.05, 3.63) is 121 Å². The molecule has 0 aromatic heterocycles. The first-order valence-corrected chi connectivity index (χ1v) is 21.4. The molecule has 2 radical (unpaired) electrons. The SMILES string of the molecule is O=C(Nc1ccc2c(O)c(N=Nc3ccc(-c4ccc(N=Nc5c(O)ccc6cc(S(=O)(=O)O)cc(S(=O)(=O)O)c56)c(O)c4)cc3O)c(S(=O)(=O)O)cc2c1)c1ccccc1.[Cu].[Cu].[Na+].[Na+].[Na+]. The molecule has 0 spiro atoms. The summed E-state index contributed by atoms with van der Waals surface area (Å²) in [5, 5.41) is 60.9. The van der Waals surface area contributed by atoms with Gasteiger partial charge in [-0.15, -0.1) is 20.5 Å². The smallest absolute Gasteiger partial charge is 0.506 e. The van der Waals surface area contributed by atoms with Crippen molar-refractivity contribution in [2.24, 2.45) is 20.5 Å². The quantitative estimate of drug-likeness (QED) is 0.0478. The van der Waals surface area contributed by atoms with Crippen LogP contribution in [0.1, 0.15) is 10.4 Å². The number of phenols is 4. The third-order valence-corrected chi connectivity index (χ3v) is 11.6. The van der Waals surface area contributed by atoms with Gasteiger partial charge in [-0.1, -0.05) is 36.4 Å². The van der Waals surface area contributed by atoms with E-state index in [0.717, 1.165) is 24.3 Å². The van der Waals surface area contributed by atoms with Crippen molar-refractivity contribution in [2.45, 2.75) is 14.7 Å². The van der Waals surface area contributed by atoms with Crippen LogP contribution in [0.15, 0.2) is 150 Å². The predicted octanol–water partition coefficient (Wildman–Crippen LogP) is -0.687. The minimum atomic E-state index is -5.16. The Morgan fingerprint density at radius 2 is 1.05 bits per heavy atom. The molecule has 332 valence electrons. The molecule has 0 atom stereocenters. The number of phenolic OH excluding ortho intramolecular Hbond substituents is 4. The zero-order valence-electron chi connectivity index (χ0n) is 34.1. The van der Waals surface area contributed by atoms with Crippen molar-refractivity contribution in [1.82, 2.24) is 0 Å². The number of nitrogens with one attached hydrogen (secondary N) is 1. The first kappa shape index (κ1) is 58.8. The van der Waals surface area contributed by atoms with Crippen molar-refractivity contribution in [3.63, 3.8) is 0 Å². The molecule has 0 unspecified atom stereocenters. The maximum Gasteiger partial charge on any atom is 1.00 e. The van der Waals surface area contributed by atoms with Crippen molar-refractivity contribution >= 4 is 86.2 Å². The van der Waals surface area contributed by atoms with E-state index in [1.54, 1.807) is 30.3 Å². The van der Waals surface area contributed by atoms with Gasteiger partial charge in [0.2, 0.25) is 0 Å². The van der Waals surface area contributed by atoms with Gasteiger partial charge in [0.15, 0.2) is 5.75 Å². The second-order valence-corrected chi connectivity index (χ2v) is 17.2. The molecule has 7 aromatic rings. The summed E-state index contributed by atoms with van der Waals surface area (Å²) < 4.78 is 102. The number of hydrogen-bond acceptors (Lipinski definition) is 15. The van der Waals surface area contributed by atoms with Gasteiger partial charge < -0.3 is 25.7 Å². The Morgan fingerprint density at radius 3 is 1.56 bits per heavy atom. The van der Waals surface area contributed by atoms with Gasteiger partial charge >= 0.3 is 88.7 Å². The molecule has 0 saturated carbocycles. The normalized spacial score (nSPS) is 11.5. The van der Waals surface area contributed by atoms with Crippen LogP contribution in [-0.2, 0) is 64.5 Å². The van der Waals surface area contributed by atoms with E-state index in [1.807, 2.05) is 0 Å². The van der Waals surface area contributed by atoms with E-state index in [0.29, 0.717) is 22.8 Å². The molecule has 1 amide bonds. The van der Waals surface area contributed by atoms with Crippen molar-refractivity contribution < 1.29 is 187 Å². The molecule has 0 aliphatic rings. The molecule has 8 N–H and O–H groups in total. The van der Waals surface area contributed by atoms with Crippen molar-refractivity contribution in [1.29, 1.82) is 0 Å². The molecule has 0 bridgehead atoms. The summed E-state index contributed by atoms with van der Waals surface area (Å²) in [6.07, 6.45) is 0. The Balaban J connectivity index is 0.00000299. The molecule has 27 heteroatoms. The maximum absolute atomic E-state index is 12.6. The molecule has 7 rings (SSSR count). The summed E-state index contributed by atoms with van der Waals surface area (Å²) in [6, 6.07) is 24.8. The van der Waals surface area contributed by atoms with Crippen LogP contribution in [0.5, 0.6) is 23.0 Å². The van der Waals surface area contributed by atoms with Gasteiger partial charge in [-0.05, 0) is 101 Å². The third kappa shape index (κ3) is 13.1. The van der Waals surface area contributed by atoms with Gasteiger partial charge in [-0.25, -0.2) is 0 Å². The van der Waals surface area contributed by atoms with E-state index >= 15 is 0 Å². The van der Waals surface area contributed by atoms with Crippen LogP contribution in [0, 0.1) is 0 Å². The maximum atomic E-state index is 12.6. The number of aromatic hydroxyl groups is 4. The zero-order valence-corrected chi connectivity index (χ0v) is 44.4. The van der Waals surface area contributed by atoms with E-state index in [9.17, 15) is 64.1 Å². The summed E-state index contributed by atoms with van der Waals surface area (Å²) in [6.45, 7) is 0. The van der Waals surface area contributed by atoms with Crippen LogP contribution in [0.3, 0.4) is 0 Å². The Labute approximate surface area is 462 Å². The number of fused-ring (bicyclic) bond motifs is 2. The minimum Gasteiger partial charge on any atom is -0.506 e. The number of rotatable bonds is 10. The van der Waals surface area contributed by atoms with E-state index in [-0.39, 0.29) is 156 Å². The summed E-state index contributed by atoms with van der Waals surface area (Å²) >= 11 is 0. The second-order valence-electron chi connectivity index (χ2n) is 13.0. The molecule has 0 aliphatic carbocycles. The minimum absolute atomic E-state index is 0. The third-order valence-electron chi connectivity index (χ3n) is 9.00. The van der Waals surface area contributed by atoms with Gasteiger partial charge in [0, 0.05) is 56.2 Å². The fraction of sp³-hybridized carbons (Fsp3) is 0. The number of hydrogen-bond donors (Lipinski definition) is 8. The van der Waals surface area contributed by atoms with Crippen molar-refractivity contribution in [2.75, 3.05) is 5.32 Å². The van der Waals surface area contributed by atoms with Crippen LogP contribution in [0.25, 0.3) is 32.7 Å². The molecule has 7 aromatic carbocycles. The van der Waals surface area contributed by atoms with Crippen LogP contribution < -0.4 is 94.0 Å². The largest absolute Gasteiger partial charge is 1.00 e. The van der Waals surface area contributed by atoms with Gasteiger partial charge in [0.25, 0.3) is 36.3 Å². The van der Waals surface area contributed by atoms with Gasteiger partial charge in [0.1, 0.15) is 49.8 Å². The van der Waals surface area contributed by atoms with E-state index < -0.39 is 90.7 Å². The van der Waals surface area contributed by atoms with Gasteiger partial charge in [-0.3, -0.25) is 18.5 Å². The number of benzene rings is 7. The first-order chi connectivity index (χ1) is 28.7. The van der Waals surface area contributed by atoms with Crippen LogP contribution >= 0.6 is 0 Å². The van der Waals surface area contributed by atoms with E-state index in [2.05, 4.69) is 25.8 Å². The molecule has 0 heterocycles. The number of carbonyl (C=O) groups is 1. The predicted molar refractivity (Wildman–Crippen MR) is 219 cm³/mol. The zero-order chi connectivity index (χ0) is 44.0. The standard InChI is InChI=1S/C39H27N5O14S3.2Cu.3Na/c45-30-13-8-23-15-26(59(50,51)52)19-33(60(53,54)55)35(23)36(30)43-41-28-11-6-21(16-31(28)46)22-7-12-29(32(47)17-22)42-44-37-34(61(56,57)58)18-24-14-25(9-10-27(24)38(37)48)40-39(49)20-4-2-1-3-5-20;;;;;/h1-19,45-48H,(H,40,49)(H,50,51,52)(H,53,54,55)(H,56,57,58);;;;;/q;;;3*+1. The summed E-state index contributed by atoms with van der Waals surface area (Å²) in [5.41, 5.74) is -0.386. The van der Waals surface area contributed by atoms with Crippen molar-refractivity contribution in [3.8, 4) is 34.1 Å². The number of amides is 1. The molecule has 0 fully saturated rings. The number of carbonyl (C=O) groups excluding carboxylic acids is 1. The molecule has 0 aliphatic heterocycles. The summed E-state index contributed by atoms with van der Waals surface area (Å²) in [5.74, 6) is -2.76. The first-order valence-electron chi connectivity index (χ1n) is 17.1. The molecule has 0 saturated heterocycles. The fourth-order valence-corrected chi connectivity index (χ4v) is 8.15. The molecular formula is C39H27Cu2N5Na3O14S3+3. The number of nitrogens with zero attached hydrogens (tertiary/aromatic N) is 4. The van der Waals surface area contributed by atoms with E-state index in [4.69, 9.17) is 0 Å². The fourth-order valence-electron chi connectivity index (χ4n) is 6.12. The van der Waals surface area contributed by atoms with E-state index in [1.165, 1.54) is 54.6 Å². The van der Waals surface area contributed by atoms with Crippen LogP contribution in [-0.4, -0.2) is 65.2 Å². The summed E-state index contributed by atoms with van der Waals surface area (Å²) in [7, 11) is -15.1. The average Bonchev–Trinajstić information content (AvgIpc) is 3.19.